The van der Waals surface area contributed by atoms with Crippen molar-refractivity contribution in [1.82, 2.24) is 10.1 Å². The number of aromatic nitrogens is 2. The molecular formula is C12H15N3O4S. The number of ether oxygens (including phenoxy) is 1. The normalized spacial score (nSPS) is 11.6. The van der Waals surface area contributed by atoms with Crippen LogP contribution in [0.1, 0.15) is 22.8 Å². The van der Waals surface area contributed by atoms with Gasteiger partial charge in [-0.3, -0.25) is 0 Å². The van der Waals surface area contributed by atoms with Gasteiger partial charge in [0.1, 0.15) is 5.75 Å². The third-order valence-corrected chi connectivity index (χ3v) is 3.87. The van der Waals surface area contributed by atoms with Crippen molar-refractivity contribution in [3.63, 3.8) is 0 Å². The number of hydrogen-bond donors (Lipinski definition) is 1. The molecule has 0 saturated heterocycles. The third-order valence-electron chi connectivity index (χ3n) is 2.66. The highest BCUT2D eigenvalue weighted by Gasteiger charge is 2.16. The molecule has 1 heterocycles. The van der Waals surface area contributed by atoms with E-state index in [2.05, 4.69) is 10.1 Å². The number of rotatable bonds is 4. The van der Waals surface area contributed by atoms with Crippen LogP contribution in [0.2, 0.25) is 0 Å². The molecule has 2 aromatic rings. The molecule has 0 aliphatic heterocycles. The first-order valence-electron chi connectivity index (χ1n) is 5.83. The van der Waals surface area contributed by atoms with Crippen molar-refractivity contribution in [3.8, 4) is 5.75 Å². The van der Waals surface area contributed by atoms with Crippen molar-refractivity contribution in [3.05, 3.63) is 35.0 Å². The maximum atomic E-state index is 11.5. The Balaban J connectivity index is 2.23. The zero-order valence-corrected chi connectivity index (χ0v) is 12.2. The van der Waals surface area contributed by atoms with Gasteiger partial charge in [-0.2, -0.15) is 4.98 Å². The SMILES string of the molecule is Cc1nc(COc2cc(C)c(S(N)(=O)=O)c(C)c2)no1. The minimum absolute atomic E-state index is 0.125. The first-order chi connectivity index (χ1) is 9.27. The van der Waals surface area contributed by atoms with Gasteiger partial charge in [-0.15, -0.1) is 0 Å². The lowest BCUT2D eigenvalue weighted by Gasteiger charge is -2.11. The van der Waals surface area contributed by atoms with E-state index in [-0.39, 0.29) is 11.5 Å². The fourth-order valence-corrected chi connectivity index (χ4v) is 3.01. The first-order valence-corrected chi connectivity index (χ1v) is 7.38. The van der Waals surface area contributed by atoms with E-state index in [1.54, 1.807) is 32.9 Å². The molecular weight excluding hydrogens is 282 g/mol. The molecule has 108 valence electrons. The molecule has 0 bridgehead atoms. The van der Waals surface area contributed by atoms with E-state index in [1.807, 2.05) is 0 Å². The molecule has 0 aliphatic carbocycles. The third kappa shape index (κ3) is 3.14. The first kappa shape index (κ1) is 14.5. The summed E-state index contributed by atoms with van der Waals surface area (Å²) in [6, 6.07) is 3.22. The smallest absolute Gasteiger partial charge is 0.238 e. The second-order valence-corrected chi connectivity index (χ2v) is 5.95. The van der Waals surface area contributed by atoms with Crippen molar-refractivity contribution < 1.29 is 17.7 Å². The predicted octanol–water partition coefficient (Wildman–Crippen LogP) is 1.22. The van der Waals surface area contributed by atoms with Crippen LogP contribution in [0.25, 0.3) is 0 Å². The van der Waals surface area contributed by atoms with Crippen LogP contribution in [0, 0.1) is 20.8 Å². The fraction of sp³-hybridized carbons (Fsp3) is 0.333. The molecule has 2 N–H and O–H groups in total. The van der Waals surface area contributed by atoms with Crippen LogP contribution in [-0.4, -0.2) is 18.6 Å². The van der Waals surface area contributed by atoms with Gasteiger partial charge in [0.05, 0.1) is 4.90 Å². The summed E-state index contributed by atoms with van der Waals surface area (Å²) in [6.07, 6.45) is 0. The van der Waals surface area contributed by atoms with Gasteiger partial charge >= 0.3 is 0 Å². The Labute approximate surface area is 116 Å². The summed E-state index contributed by atoms with van der Waals surface area (Å²) in [6.45, 7) is 5.16. The molecule has 0 aliphatic rings. The molecule has 0 amide bonds. The number of primary sulfonamides is 1. The molecule has 20 heavy (non-hydrogen) atoms. The molecule has 1 aromatic heterocycles. The van der Waals surface area contributed by atoms with Crippen LogP contribution in [-0.2, 0) is 16.6 Å². The highest BCUT2D eigenvalue weighted by Crippen LogP contribution is 2.25. The van der Waals surface area contributed by atoms with E-state index in [0.29, 0.717) is 28.6 Å². The number of nitrogens with zero attached hydrogens (tertiary/aromatic N) is 2. The molecule has 0 atom stereocenters. The van der Waals surface area contributed by atoms with Crippen molar-refractivity contribution >= 4 is 10.0 Å². The maximum absolute atomic E-state index is 11.5. The summed E-state index contributed by atoms with van der Waals surface area (Å²) in [5, 5.41) is 8.88. The largest absolute Gasteiger partial charge is 0.485 e. The van der Waals surface area contributed by atoms with Crippen LogP contribution in [0.5, 0.6) is 5.75 Å². The van der Waals surface area contributed by atoms with Gasteiger partial charge in [0.2, 0.25) is 21.7 Å². The number of hydrogen-bond acceptors (Lipinski definition) is 6. The zero-order chi connectivity index (χ0) is 14.9. The van der Waals surface area contributed by atoms with E-state index in [4.69, 9.17) is 14.4 Å². The molecule has 0 radical (unpaired) electrons. The minimum atomic E-state index is -3.74. The van der Waals surface area contributed by atoms with Gasteiger partial charge in [0.25, 0.3) is 0 Å². The van der Waals surface area contributed by atoms with Crippen molar-refractivity contribution in [2.75, 3.05) is 0 Å². The van der Waals surface area contributed by atoms with Gasteiger partial charge in [-0.05, 0) is 37.1 Å². The second kappa shape index (κ2) is 5.22. The summed E-state index contributed by atoms with van der Waals surface area (Å²) in [5.74, 6) is 1.41. The van der Waals surface area contributed by atoms with Gasteiger partial charge in [0, 0.05) is 6.92 Å². The lowest BCUT2D eigenvalue weighted by Crippen LogP contribution is -2.15. The Hall–Kier alpha value is -1.93. The van der Waals surface area contributed by atoms with E-state index in [0.717, 1.165) is 0 Å². The average Bonchev–Trinajstić information content (AvgIpc) is 2.69. The summed E-state index contributed by atoms with van der Waals surface area (Å²) >= 11 is 0. The monoisotopic (exact) mass is 297 g/mol. The Morgan fingerprint density at radius 2 is 1.85 bits per heavy atom. The van der Waals surface area contributed by atoms with E-state index in [9.17, 15) is 8.42 Å². The highest BCUT2D eigenvalue weighted by molar-refractivity contribution is 7.89. The maximum Gasteiger partial charge on any atom is 0.238 e. The van der Waals surface area contributed by atoms with Crippen molar-refractivity contribution in [2.24, 2.45) is 5.14 Å². The quantitative estimate of drug-likeness (QED) is 0.909. The van der Waals surface area contributed by atoms with Crippen LogP contribution in [0.4, 0.5) is 0 Å². The molecule has 0 fully saturated rings. The Kier molecular flexibility index (Phi) is 3.78. The van der Waals surface area contributed by atoms with Crippen LogP contribution in [0.3, 0.4) is 0 Å². The van der Waals surface area contributed by atoms with Gasteiger partial charge < -0.3 is 9.26 Å². The molecule has 2 rings (SSSR count). The Morgan fingerprint density at radius 1 is 1.25 bits per heavy atom. The standard InChI is InChI=1S/C12H15N3O4S/c1-7-4-10(5-8(2)12(7)20(13,16)17)18-6-11-14-9(3)19-15-11/h4-5H,6H2,1-3H3,(H2,13,16,17). The highest BCUT2D eigenvalue weighted by atomic mass is 32.2. The molecule has 8 heteroatoms. The van der Waals surface area contributed by atoms with Gasteiger partial charge in [-0.1, -0.05) is 5.16 Å². The zero-order valence-electron chi connectivity index (χ0n) is 11.4. The summed E-state index contributed by atoms with van der Waals surface area (Å²) in [5.41, 5.74) is 1.07. The number of sulfonamides is 1. The van der Waals surface area contributed by atoms with E-state index >= 15 is 0 Å². The Bertz CT molecular complexity index is 714. The molecule has 7 nitrogen and oxygen atoms in total. The summed E-state index contributed by atoms with van der Waals surface area (Å²) in [7, 11) is -3.74. The molecule has 0 spiro atoms. The molecule has 0 saturated carbocycles. The number of benzene rings is 1. The fourth-order valence-electron chi connectivity index (χ4n) is 1.99. The van der Waals surface area contributed by atoms with Crippen LogP contribution < -0.4 is 9.88 Å². The lowest BCUT2D eigenvalue weighted by atomic mass is 10.1. The topological polar surface area (TPSA) is 108 Å². The summed E-state index contributed by atoms with van der Waals surface area (Å²) < 4.78 is 33.3. The van der Waals surface area contributed by atoms with E-state index in [1.165, 1.54) is 0 Å². The van der Waals surface area contributed by atoms with Crippen LogP contribution >= 0.6 is 0 Å². The number of nitrogens with two attached hydrogens (primary N) is 1. The lowest BCUT2D eigenvalue weighted by molar-refractivity contribution is 0.285. The van der Waals surface area contributed by atoms with E-state index < -0.39 is 10.0 Å². The molecule has 0 unspecified atom stereocenters. The van der Waals surface area contributed by atoms with Gasteiger partial charge in [0.15, 0.2) is 6.61 Å². The summed E-state index contributed by atoms with van der Waals surface area (Å²) in [4.78, 5) is 4.13. The van der Waals surface area contributed by atoms with Crippen molar-refractivity contribution in [2.45, 2.75) is 32.3 Å². The predicted molar refractivity (Wildman–Crippen MR) is 70.7 cm³/mol. The van der Waals surface area contributed by atoms with Crippen LogP contribution in [0.15, 0.2) is 21.6 Å². The van der Waals surface area contributed by atoms with Gasteiger partial charge in [-0.25, -0.2) is 13.6 Å². The number of aryl methyl sites for hydroxylation is 3. The second-order valence-electron chi connectivity index (χ2n) is 4.45. The Morgan fingerprint density at radius 3 is 2.30 bits per heavy atom. The van der Waals surface area contributed by atoms with Crippen molar-refractivity contribution in [1.29, 1.82) is 0 Å². The molecule has 1 aromatic carbocycles. The minimum Gasteiger partial charge on any atom is -0.485 e. The average molecular weight is 297 g/mol.